The van der Waals surface area contributed by atoms with Gasteiger partial charge < -0.3 is 20.1 Å². The van der Waals surface area contributed by atoms with Crippen molar-refractivity contribution in [2.75, 3.05) is 18.5 Å². The first-order chi connectivity index (χ1) is 12.5. The molecule has 2 aromatic carbocycles. The number of hydrogen-bond acceptors (Lipinski definition) is 4. The van der Waals surface area contributed by atoms with Crippen molar-refractivity contribution in [1.29, 1.82) is 0 Å². The van der Waals surface area contributed by atoms with Crippen molar-refractivity contribution in [3.63, 3.8) is 0 Å². The number of carbonyl (C=O) groups excluding carboxylic acids is 1. The molecule has 6 heteroatoms. The van der Waals surface area contributed by atoms with Crippen LogP contribution in [0.1, 0.15) is 35.3 Å². The highest BCUT2D eigenvalue weighted by Crippen LogP contribution is 2.20. The molecule has 0 spiro atoms. The summed E-state index contributed by atoms with van der Waals surface area (Å²) in [4.78, 5) is 12.0. The Morgan fingerprint density at radius 1 is 1.12 bits per heavy atom. The molecule has 2 aromatic rings. The molecule has 0 aliphatic heterocycles. The highest BCUT2D eigenvalue weighted by Gasteiger charge is 2.13. The van der Waals surface area contributed by atoms with Crippen molar-refractivity contribution in [2.45, 2.75) is 27.3 Å². The molecule has 2 N–H and O–H groups in total. The van der Waals surface area contributed by atoms with Crippen LogP contribution in [0.3, 0.4) is 0 Å². The van der Waals surface area contributed by atoms with Crippen molar-refractivity contribution in [3.05, 3.63) is 59.2 Å². The number of carbonyl (C=O) groups is 1. The van der Waals surface area contributed by atoms with Gasteiger partial charge in [0.1, 0.15) is 5.75 Å². The maximum atomic E-state index is 12.0. The molecule has 138 valence electrons. The van der Waals surface area contributed by atoms with Gasteiger partial charge in [-0.05, 0) is 68.4 Å². The average Bonchev–Trinajstić information content (AvgIpc) is 2.62. The van der Waals surface area contributed by atoms with Crippen LogP contribution in [-0.4, -0.2) is 24.3 Å². The number of thiocarbonyl (C=S) groups is 1. The van der Waals surface area contributed by atoms with E-state index in [0.29, 0.717) is 30.4 Å². The molecule has 0 aliphatic carbocycles. The summed E-state index contributed by atoms with van der Waals surface area (Å²) < 4.78 is 10.6. The van der Waals surface area contributed by atoms with Crippen molar-refractivity contribution in [1.82, 2.24) is 5.32 Å². The summed E-state index contributed by atoms with van der Waals surface area (Å²) in [5.41, 5.74) is 3.17. The Balaban J connectivity index is 1.99. The molecule has 0 aliphatic rings. The highest BCUT2D eigenvalue weighted by atomic mass is 32.1. The fourth-order valence-corrected chi connectivity index (χ4v) is 2.64. The monoisotopic (exact) mass is 372 g/mol. The molecule has 0 unspecified atom stereocenters. The average molecular weight is 372 g/mol. The van der Waals surface area contributed by atoms with Crippen molar-refractivity contribution < 1.29 is 14.3 Å². The van der Waals surface area contributed by atoms with E-state index in [9.17, 15) is 4.79 Å². The zero-order chi connectivity index (χ0) is 18.9. The summed E-state index contributed by atoms with van der Waals surface area (Å²) in [6.45, 7) is 7.15. The van der Waals surface area contributed by atoms with E-state index in [-0.39, 0.29) is 5.97 Å². The standard InChI is InChI=1S/C20H24N2O3S/c1-4-24-16-9-6-8-15(12-16)13-21-20(26)22-18-11-7-10-17(14(18)3)19(23)25-5-2/h6-12H,4-5,13H2,1-3H3,(H2,21,22,26). The maximum absolute atomic E-state index is 12.0. The Morgan fingerprint density at radius 2 is 1.88 bits per heavy atom. The fraction of sp³-hybridized carbons (Fsp3) is 0.300. The van der Waals surface area contributed by atoms with Crippen LogP contribution < -0.4 is 15.4 Å². The predicted octanol–water partition coefficient (Wildman–Crippen LogP) is 4.06. The van der Waals surface area contributed by atoms with Gasteiger partial charge in [-0.1, -0.05) is 18.2 Å². The number of benzene rings is 2. The van der Waals surface area contributed by atoms with E-state index < -0.39 is 0 Å². The minimum Gasteiger partial charge on any atom is -0.494 e. The lowest BCUT2D eigenvalue weighted by atomic mass is 10.1. The molecule has 2 rings (SSSR count). The molecular weight excluding hydrogens is 348 g/mol. The third-order valence-electron chi connectivity index (χ3n) is 3.74. The molecule has 26 heavy (non-hydrogen) atoms. The lowest BCUT2D eigenvalue weighted by Gasteiger charge is -2.15. The molecule has 0 amide bonds. The van der Waals surface area contributed by atoms with E-state index in [4.69, 9.17) is 21.7 Å². The number of rotatable bonds is 7. The van der Waals surface area contributed by atoms with Crippen molar-refractivity contribution in [2.24, 2.45) is 0 Å². The highest BCUT2D eigenvalue weighted by molar-refractivity contribution is 7.80. The Labute approximate surface area is 159 Å². The molecule has 0 fully saturated rings. The van der Waals surface area contributed by atoms with Crippen molar-refractivity contribution >= 4 is 29.0 Å². The molecule has 0 saturated carbocycles. The molecule has 0 heterocycles. The zero-order valence-corrected chi connectivity index (χ0v) is 16.1. The quantitative estimate of drug-likeness (QED) is 0.565. The van der Waals surface area contributed by atoms with Gasteiger partial charge in [0.25, 0.3) is 0 Å². The lowest BCUT2D eigenvalue weighted by Crippen LogP contribution is -2.28. The van der Waals surface area contributed by atoms with Gasteiger partial charge in [-0.25, -0.2) is 4.79 Å². The van der Waals surface area contributed by atoms with E-state index in [0.717, 1.165) is 22.6 Å². The SMILES string of the molecule is CCOC(=O)c1cccc(NC(=S)NCc2cccc(OCC)c2)c1C. The van der Waals surface area contributed by atoms with Gasteiger partial charge in [-0.3, -0.25) is 0 Å². The number of hydrogen-bond donors (Lipinski definition) is 2. The Morgan fingerprint density at radius 3 is 2.62 bits per heavy atom. The number of anilines is 1. The molecule has 0 atom stereocenters. The zero-order valence-electron chi connectivity index (χ0n) is 15.3. The first-order valence-corrected chi connectivity index (χ1v) is 8.99. The normalized spacial score (nSPS) is 10.1. The topological polar surface area (TPSA) is 59.6 Å². The summed E-state index contributed by atoms with van der Waals surface area (Å²) >= 11 is 5.37. The van der Waals surface area contributed by atoms with E-state index in [1.807, 2.05) is 44.2 Å². The van der Waals surface area contributed by atoms with E-state index in [1.165, 1.54) is 0 Å². The van der Waals surface area contributed by atoms with Crippen LogP contribution in [0.15, 0.2) is 42.5 Å². The summed E-state index contributed by atoms with van der Waals surface area (Å²) in [5.74, 6) is 0.504. The van der Waals surface area contributed by atoms with Gasteiger partial charge in [-0.15, -0.1) is 0 Å². The number of nitrogens with one attached hydrogen (secondary N) is 2. The molecule has 0 aromatic heterocycles. The third-order valence-corrected chi connectivity index (χ3v) is 3.99. The first-order valence-electron chi connectivity index (χ1n) is 8.58. The fourth-order valence-electron chi connectivity index (χ4n) is 2.46. The summed E-state index contributed by atoms with van der Waals surface area (Å²) in [6.07, 6.45) is 0. The second-order valence-electron chi connectivity index (χ2n) is 5.59. The van der Waals surface area contributed by atoms with Crippen molar-refractivity contribution in [3.8, 4) is 5.75 Å². The summed E-state index contributed by atoms with van der Waals surface area (Å²) in [5, 5.41) is 6.79. The number of ether oxygens (including phenoxy) is 2. The van der Waals surface area contributed by atoms with Crippen LogP contribution in [0.2, 0.25) is 0 Å². The Hall–Kier alpha value is -2.60. The van der Waals surface area contributed by atoms with Gasteiger partial charge in [0, 0.05) is 12.2 Å². The minimum atomic E-state index is -0.333. The Bertz CT molecular complexity index is 777. The number of esters is 1. The second kappa shape index (κ2) is 9.77. The largest absolute Gasteiger partial charge is 0.494 e. The minimum absolute atomic E-state index is 0.333. The molecular formula is C20H24N2O3S. The van der Waals surface area contributed by atoms with Gasteiger partial charge in [0.05, 0.1) is 18.8 Å². The van der Waals surface area contributed by atoms with Crippen LogP contribution in [0.4, 0.5) is 5.69 Å². The predicted molar refractivity (Wildman–Crippen MR) is 108 cm³/mol. The smallest absolute Gasteiger partial charge is 0.338 e. The van der Waals surface area contributed by atoms with Crippen LogP contribution in [0, 0.1) is 6.92 Å². The van der Waals surface area contributed by atoms with E-state index in [1.54, 1.807) is 19.1 Å². The molecule has 0 bridgehead atoms. The van der Waals surface area contributed by atoms with Gasteiger partial charge >= 0.3 is 5.97 Å². The van der Waals surface area contributed by atoms with E-state index in [2.05, 4.69) is 10.6 Å². The van der Waals surface area contributed by atoms with Crippen LogP contribution in [-0.2, 0) is 11.3 Å². The van der Waals surface area contributed by atoms with Crippen LogP contribution in [0.25, 0.3) is 0 Å². The molecule has 5 nitrogen and oxygen atoms in total. The van der Waals surface area contributed by atoms with E-state index >= 15 is 0 Å². The summed E-state index contributed by atoms with van der Waals surface area (Å²) in [7, 11) is 0. The Kier molecular flexibility index (Phi) is 7.41. The first kappa shape index (κ1) is 19.7. The third kappa shape index (κ3) is 5.46. The van der Waals surface area contributed by atoms with Gasteiger partial charge in [0.15, 0.2) is 5.11 Å². The second-order valence-corrected chi connectivity index (χ2v) is 5.99. The van der Waals surface area contributed by atoms with Gasteiger partial charge in [-0.2, -0.15) is 0 Å². The van der Waals surface area contributed by atoms with Crippen LogP contribution in [0.5, 0.6) is 5.75 Å². The lowest BCUT2D eigenvalue weighted by molar-refractivity contribution is 0.0525. The van der Waals surface area contributed by atoms with Crippen LogP contribution >= 0.6 is 12.2 Å². The summed E-state index contributed by atoms with van der Waals surface area (Å²) in [6, 6.07) is 13.3. The van der Waals surface area contributed by atoms with Gasteiger partial charge in [0.2, 0.25) is 0 Å². The maximum Gasteiger partial charge on any atom is 0.338 e. The molecule has 0 radical (unpaired) electrons. The molecule has 0 saturated heterocycles.